The predicted molar refractivity (Wildman–Crippen MR) is 73.2 cm³/mol. The summed E-state index contributed by atoms with van der Waals surface area (Å²) in [5, 5.41) is 8.91. The summed E-state index contributed by atoms with van der Waals surface area (Å²) in [6, 6.07) is 7.57. The molecule has 104 valence electrons. The number of nitrogens with one attached hydrogen (secondary N) is 1. The number of nitrogens with zero attached hydrogens (tertiary/aromatic N) is 1. The number of carbonyl (C=O) groups is 1. The Bertz CT molecular complexity index is 758. The monoisotopic (exact) mass is 274 g/mol. The van der Waals surface area contributed by atoms with Crippen LogP contribution in [0.15, 0.2) is 40.1 Å². The van der Waals surface area contributed by atoms with E-state index in [0.29, 0.717) is 0 Å². The molecule has 0 radical (unpaired) electrons. The van der Waals surface area contributed by atoms with Crippen LogP contribution in [0.25, 0.3) is 0 Å². The Kier molecular flexibility index (Phi) is 3.84. The molecular weight excluding hydrogens is 260 g/mol. The molecule has 6 heteroatoms. The molecule has 0 bridgehead atoms. The minimum absolute atomic E-state index is 0.222. The molecule has 0 saturated carbocycles. The van der Waals surface area contributed by atoms with Crippen molar-refractivity contribution in [1.82, 2.24) is 9.55 Å². The van der Waals surface area contributed by atoms with Crippen LogP contribution in [0.5, 0.6) is 0 Å². The Morgan fingerprint density at radius 2 is 1.90 bits per heavy atom. The third-order valence-corrected chi connectivity index (χ3v) is 3.08. The smallest absolute Gasteiger partial charge is 0.342 e. The molecule has 1 aromatic carbocycles. The van der Waals surface area contributed by atoms with Crippen LogP contribution in [0.1, 0.15) is 28.4 Å². The van der Waals surface area contributed by atoms with E-state index in [1.807, 2.05) is 36.2 Å². The van der Waals surface area contributed by atoms with Gasteiger partial charge in [-0.05, 0) is 17.5 Å². The summed E-state index contributed by atoms with van der Waals surface area (Å²) in [5.74, 6) is -1.36. The largest absolute Gasteiger partial charge is 0.477 e. The van der Waals surface area contributed by atoms with Crippen LogP contribution in [0, 0.1) is 0 Å². The SMILES string of the molecule is CCc1ccccc1Cn1cc(C(=O)O)c(=O)[nH]c1=O. The van der Waals surface area contributed by atoms with Crippen molar-refractivity contribution in [2.75, 3.05) is 0 Å². The van der Waals surface area contributed by atoms with E-state index in [1.54, 1.807) is 0 Å². The second-order valence-corrected chi connectivity index (χ2v) is 4.36. The highest BCUT2D eigenvalue weighted by Crippen LogP contribution is 2.10. The number of H-pyrrole nitrogens is 1. The van der Waals surface area contributed by atoms with Crippen molar-refractivity contribution in [2.24, 2.45) is 0 Å². The highest BCUT2D eigenvalue weighted by Gasteiger charge is 2.12. The molecule has 0 amide bonds. The van der Waals surface area contributed by atoms with Crippen LogP contribution < -0.4 is 11.2 Å². The summed E-state index contributed by atoms with van der Waals surface area (Å²) in [6.45, 7) is 2.22. The van der Waals surface area contributed by atoms with Crippen LogP contribution in [0.4, 0.5) is 0 Å². The number of rotatable bonds is 4. The van der Waals surface area contributed by atoms with Gasteiger partial charge in [-0.1, -0.05) is 31.2 Å². The average Bonchev–Trinajstić information content (AvgIpc) is 2.42. The molecule has 0 saturated heterocycles. The lowest BCUT2D eigenvalue weighted by Gasteiger charge is -2.10. The van der Waals surface area contributed by atoms with Crippen molar-refractivity contribution in [1.29, 1.82) is 0 Å². The Balaban J connectivity index is 2.49. The van der Waals surface area contributed by atoms with E-state index in [2.05, 4.69) is 0 Å². The first kappa shape index (κ1) is 13.8. The highest BCUT2D eigenvalue weighted by molar-refractivity contribution is 5.86. The number of benzene rings is 1. The fraction of sp³-hybridized carbons (Fsp3) is 0.214. The molecule has 0 aliphatic carbocycles. The molecule has 0 aliphatic rings. The summed E-state index contributed by atoms with van der Waals surface area (Å²) in [6.07, 6.45) is 1.88. The molecule has 1 heterocycles. The zero-order valence-corrected chi connectivity index (χ0v) is 10.9. The van der Waals surface area contributed by atoms with Gasteiger partial charge in [0.1, 0.15) is 5.56 Å². The van der Waals surface area contributed by atoms with Crippen LogP contribution in [-0.4, -0.2) is 20.6 Å². The van der Waals surface area contributed by atoms with E-state index >= 15 is 0 Å². The predicted octanol–water partition coefficient (Wildman–Crippen LogP) is 0.846. The van der Waals surface area contributed by atoms with Crippen LogP contribution in [0.2, 0.25) is 0 Å². The Morgan fingerprint density at radius 3 is 2.50 bits per heavy atom. The molecule has 2 N–H and O–H groups in total. The van der Waals surface area contributed by atoms with Gasteiger partial charge in [0, 0.05) is 6.20 Å². The maximum Gasteiger partial charge on any atom is 0.342 e. The normalized spacial score (nSPS) is 10.4. The minimum atomic E-state index is -1.36. The molecule has 2 rings (SSSR count). The molecule has 0 spiro atoms. The van der Waals surface area contributed by atoms with Gasteiger partial charge in [-0.15, -0.1) is 0 Å². The summed E-state index contributed by atoms with van der Waals surface area (Å²) in [5.41, 5.74) is 0.0370. The second kappa shape index (κ2) is 5.56. The van der Waals surface area contributed by atoms with Gasteiger partial charge in [0.25, 0.3) is 5.56 Å². The van der Waals surface area contributed by atoms with Gasteiger partial charge in [-0.25, -0.2) is 9.59 Å². The number of hydrogen-bond donors (Lipinski definition) is 2. The van der Waals surface area contributed by atoms with Crippen molar-refractivity contribution in [2.45, 2.75) is 19.9 Å². The van der Waals surface area contributed by atoms with Gasteiger partial charge in [0.2, 0.25) is 0 Å². The number of aryl methyl sites for hydroxylation is 1. The quantitative estimate of drug-likeness (QED) is 0.864. The van der Waals surface area contributed by atoms with Crippen molar-refractivity contribution < 1.29 is 9.90 Å². The van der Waals surface area contributed by atoms with Crippen LogP contribution in [0.3, 0.4) is 0 Å². The fourth-order valence-corrected chi connectivity index (χ4v) is 2.02. The zero-order valence-electron chi connectivity index (χ0n) is 10.9. The van der Waals surface area contributed by atoms with E-state index in [4.69, 9.17) is 5.11 Å². The maximum absolute atomic E-state index is 11.7. The van der Waals surface area contributed by atoms with Gasteiger partial charge >= 0.3 is 11.7 Å². The molecular formula is C14H14N2O4. The topological polar surface area (TPSA) is 92.2 Å². The van der Waals surface area contributed by atoms with Gasteiger partial charge in [0.15, 0.2) is 0 Å². The number of hydrogen-bond acceptors (Lipinski definition) is 3. The molecule has 20 heavy (non-hydrogen) atoms. The van der Waals surface area contributed by atoms with E-state index in [0.717, 1.165) is 23.7 Å². The summed E-state index contributed by atoms with van der Waals surface area (Å²) < 4.78 is 1.19. The Morgan fingerprint density at radius 1 is 1.25 bits per heavy atom. The number of aromatic carboxylic acids is 1. The van der Waals surface area contributed by atoms with Gasteiger partial charge in [-0.3, -0.25) is 14.3 Å². The van der Waals surface area contributed by atoms with Crippen LogP contribution >= 0.6 is 0 Å². The Hall–Kier alpha value is -2.63. The lowest BCUT2D eigenvalue weighted by atomic mass is 10.1. The van der Waals surface area contributed by atoms with Crippen molar-refractivity contribution in [3.8, 4) is 0 Å². The van der Waals surface area contributed by atoms with E-state index in [-0.39, 0.29) is 6.54 Å². The Labute approximate surface area is 114 Å². The minimum Gasteiger partial charge on any atom is -0.477 e. The van der Waals surface area contributed by atoms with E-state index in [1.165, 1.54) is 4.57 Å². The summed E-state index contributed by atoms with van der Waals surface area (Å²) in [4.78, 5) is 36.0. The van der Waals surface area contributed by atoms with Crippen molar-refractivity contribution in [3.05, 3.63) is 68.0 Å². The fourth-order valence-electron chi connectivity index (χ4n) is 2.02. The molecule has 2 aromatic rings. The first-order valence-corrected chi connectivity index (χ1v) is 6.16. The third kappa shape index (κ3) is 2.69. The number of carboxylic acid groups (broad SMARTS) is 1. The number of aromatic amines is 1. The molecule has 0 atom stereocenters. The number of aromatic nitrogens is 2. The van der Waals surface area contributed by atoms with E-state index in [9.17, 15) is 14.4 Å². The summed E-state index contributed by atoms with van der Waals surface area (Å²) in [7, 11) is 0. The zero-order chi connectivity index (χ0) is 14.7. The molecule has 0 aliphatic heterocycles. The average molecular weight is 274 g/mol. The molecule has 6 nitrogen and oxygen atoms in total. The molecule has 0 fully saturated rings. The van der Waals surface area contributed by atoms with Gasteiger partial charge in [-0.2, -0.15) is 0 Å². The van der Waals surface area contributed by atoms with Gasteiger partial charge in [0.05, 0.1) is 6.54 Å². The van der Waals surface area contributed by atoms with Crippen LogP contribution in [-0.2, 0) is 13.0 Å². The lowest BCUT2D eigenvalue weighted by Crippen LogP contribution is -2.33. The highest BCUT2D eigenvalue weighted by atomic mass is 16.4. The molecule has 0 unspecified atom stereocenters. The maximum atomic E-state index is 11.7. The van der Waals surface area contributed by atoms with Crippen molar-refractivity contribution in [3.63, 3.8) is 0 Å². The first-order valence-electron chi connectivity index (χ1n) is 6.16. The molecule has 1 aromatic heterocycles. The third-order valence-electron chi connectivity index (χ3n) is 3.08. The van der Waals surface area contributed by atoms with Crippen molar-refractivity contribution >= 4 is 5.97 Å². The standard InChI is InChI=1S/C14H14N2O4/c1-2-9-5-3-4-6-10(9)7-16-8-11(13(18)19)12(17)15-14(16)20/h3-6,8H,2,7H2,1H3,(H,18,19)(H,15,17,20). The first-order chi connectivity index (χ1) is 9.52. The van der Waals surface area contributed by atoms with E-state index < -0.39 is 22.8 Å². The summed E-state index contributed by atoms with van der Waals surface area (Å²) >= 11 is 0. The van der Waals surface area contributed by atoms with Gasteiger partial charge < -0.3 is 5.11 Å². The second-order valence-electron chi connectivity index (χ2n) is 4.36. The lowest BCUT2D eigenvalue weighted by molar-refractivity contribution is 0.0693. The number of carboxylic acids is 1.